The summed E-state index contributed by atoms with van der Waals surface area (Å²) in [4.78, 5) is 25.4. The summed E-state index contributed by atoms with van der Waals surface area (Å²) in [7, 11) is 0. The monoisotopic (exact) mass is 396 g/mol. The Morgan fingerprint density at radius 1 is 1.04 bits per heavy atom. The lowest BCUT2D eigenvalue weighted by molar-refractivity contribution is 0.0113. The Kier molecular flexibility index (Phi) is 6.53. The number of rotatable bonds is 7. The van der Waals surface area contributed by atoms with Crippen molar-refractivity contribution >= 4 is 15.9 Å². The number of aromatic nitrogens is 2. The van der Waals surface area contributed by atoms with Gasteiger partial charge in [0.05, 0.1) is 19.8 Å². The van der Waals surface area contributed by atoms with Crippen LogP contribution in [0.2, 0.25) is 0 Å². The van der Waals surface area contributed by atoms with Crippen LogP contribution < -0.4 is 11.2 Å². The molecule has 6 nitrogen and oxygen atoms in total. The lowest BCUT2D eigenvalue weighted by Gasteiger charge is -2.11. The number of aromatic amines is 1. The second-order valence-corrected chi connectivity index (χ2v) is 6.47. The third kappa shape index (κ3) is 4.90. The molecule has 0 radical (unpaired) electrons. The molecular formula is C17H21BrN2O4. The zero-order chi connectivity index (χ0) is 17.7. The van der Waals surface area contributed by atoms with E-state index in [4.69, 9.17) is 9.47 Å². The van der Waals surface area contributed by atoms with E-state index in [1.807, 2.05) is 0 Å². The molecule has 130 valence electrons. The Bertz CT molecular complexity index is 806. The summed E-state index contributed by atoms with van der Waals surface area (Å²) in [6.07, 6.45) is 0. The van der Waals surface area contributed by atoms with Crippen LogP contribution in [0.4, 0.5) is 0 Å². The minimum Gasteiger partial charge on any atom is -0.374 e. The smallest absolute Gasteiger partial charge is 0.330 e. The number of H-pyrrole nitrogens is 1. The minimum atomic E-state index is -0.489. The molecule has 0 spiro atoms. The van der Waals surface area contributed by atoms with Crippen LogP contribution in [0.15, 0.2) is 32.3 Å². The van der Waals surface area contributed by atoms with E-state index in [-0.39, 0.29) is 6.73 Å². The van der Waals surface area contributed by atoms with Crippen molar-refractivity contribution in [1.29, 1.82) is 0 Å². The second kappa shape index (κ2) is 8.41. The van der Waals surface area contributed by atoms with Gasteiger partial charge in [0.2, 0.25) is 0 Å². The Balaban J connectivity index is 1.79. The third-order valence-corrected chi connectivity index (χ3v) is 4.46. The zero-order valence-electron chi connectivity index (χ0n) is 14.0. The van der Waals surface area contributed by atoms with E-state index in [9.17, 15) is 9.59 Å². The number of hydrogen-bond acceptors (Lipinski definition) is 4. The molecule has 7 heteroatoms. The van der Waals surface area contributed by atoms with Crippen LogP contribution >= 0.6 is 15.9 Å². The Morgan fingerprint density at radius 3 is 2.33 bits per heavy atom. The fraction of sp³-hybridized carbons (Fsp3) is 0.412. The number of nitrogens with zero attached hydrogens (tertiary/aromatic N) is 1. The van der Waals surface area contributed by atoms with Crippen molar-refractivity contribution in [3.05, 3.63) is 65.9 Å². The molecule has 2 rings (SSSR count). The number of halogens is 1. The summed E-state index contributed by atoms with van der Waals surface area (Å²) in [5, 5.41) is 0. The van der Waals surface area contributed by atoms with Gasteiger partial charge in [-0.1, -0.05) is 29.3 Å². The van der Waals surface area contributed by atoms with Gasteiger partial charge in [0.1, 0.15) is 11.2 Å². The largest absolute Gasteiger partial charge is 0.374 e. The summed E-state index contributed by atoms with van der Waals surface area (Å²) in [5.74, 6) is 0. The van der Waals surface area contributed by atoms with Gasteiger partial charge < -0.3 is 9.47 Å². The summed E-state index contributed by atoms with van der Waals surface area (Å²) < 4.78 is 12.7. The van der Waals surface area contributed by atoms with E-state index in [1.54, 1.807) is 6.92 Å². The molecule has 0 fully saturated rings. The maximum absolute atomic E-state index is 11.8. The Hall–Kier alpha value is -1.70. The number of benzene rings is 1. The van der Waals surface area contributed by atoms with Gasteiger partial charge in [0.25, 0.3) is 5.56 Å². The fourth-order valence-electron chi connectivity index (χ4n) is 2.43. The molecule has 0 saturated heterocycles. The Labute approximate surface area is 148 Å². The number of aryl methyl sites for hydroxylation is 2. The van der Waals surface area contributed by atoms with Gasteiger partial charge in [0.15, 0.2) is 0 Å². The molecule has 1 heterocycles. The molecular weight excluding hydrogens is 376 g/mol. The first-order valence-electron chi connectivity index (χ1n) is 7.60. The van der Waals surface area contributed by atoms with Crippen molar-refractivity contribution in [3.8, 4) is 0 Å². The summed E-state index contributed by atoms with van der Waals surface area (Å²) in [5.41, 5.74) is 3.15. The van der Waals surface area contributed by atoms with Gasteiger partial charge in [-0.3, -0.25) is 14.3 Å². The van der Waals surface area contributed by atoms with Crippen LogP contribution in [-0.2, 0) is 22.8 Å². The van der Waals surface area contributed by atoms with Crippen LogP contribution in [0.25, 0.3) is 0 Å². The molecule has 0 atom stereocenters. The van der Waals surface area contributed by atoms with Crippen LogP contribution in [-0.4, -0.2) is 22.8 Å². The molecule has 0 amide bonds. The van der Waals surface area contributed by atoms with Crippen molar-refractivity contribution in [3.63, 3.8) is 0 Å². The van der Waals surface area contributed by atoms with Crippen molar-refractivity contribution in [1.82, 2.24) is 9.55 Å². The Morgan fingerprint density at radius 2 is 1.67 bits per heavy atom. The molecule has 0 saturated carbocycles. The minimum absolute atomic E-state index is 0.0625. The predicted molar refractivity (Wildman–Crippen MR) is 95.3 cm³/mol. The SMILES string of the molecule is Cc1cc(C)cc(COCCOCn2c(C)c(Br)c(=O)[nH]c2=O)c1. The molecule has 1 aromatic carbocycles. The van der Waals surface area contributed by atoms with Gasteiger partial charge in [-0.25, -0.2) is 4.79 Å². The molecule has 1 N–H and O–H groups in total. The number of nitrogens with one attached hydrogen (secondary N) is 1. The first-order chi connectivity index (χ1) is 11.4. The highest BCUT2D eigenvalue weighted by Gasteiger charge is 2.08. The van der Waals surface area contributed by atoms with E-state index >= 15 is 0 Å². The highest BCUT2D eigenvalue weighted by molar-refractivity contribution is 9.10. The summed E-state index contributed by atoms with van der Waals surface area (Å²) in [6, 6.07) is 6.30. The number of hydrogen-bond donors (Lipinski definition) is 1. The average molecular weight is 397 g/mol. The maximum atomic E-state index is 11.8. The van der Waals surface area contributed by atoms with Gasteiger partial charge in [0, 0.05) is 5.69 Å². The van der Waals surface area contributed by atoms with Crippen molar-refractivity contribution in [2.24, 2.45) is 0 Å². The first-order valence-corrected chi connectivity index (χ1v) is 8.39. The van der Waals surface area contributed by atoms with Crippen molar-refractivity contribution in [2.75, 3.05) is 13.2 Å². The molecule has 0 aliphatic carbocycles. The van der Waals surface area contributed by atoms with Gasteiger partial charge in [-0.2, -0.15) is 0 Å². The fourth-order valence-corrected chi connectivity index (χ4v) is 2.74. The summed E-state index contributed by atoms with van der Waals surface area (Å²) in [6.45, 7) is 7.16. The van der Waals surface area contributed by atoms with Crippen molar-refractivity contribution in [2.45, 2.75) is 34.1 Å². The van der Waals surface area contributed by atoms with Crippen LogP contribution in [0.1, 0.15) is 22.4 Å². The maximum Gasteiger partial charge on any atom is 0.330 e. The molecule has 2 aromatic rings. The molecule has 0 aliphatic heterocycles. The quantitative estimate of drug-likeness (QED) is 0.729. The normalized spacial score (nSPS) is 11.0. The van der Waals surface area contributed by atoms with E-state index < -0.39 is 11.2 Å². The predicted octanol–water partition coefficient (Wildman–Crippen LogP) is 2.42. The lowest BCUT2D eigenvalue weighted by Crippen LogP contribution is -2.33. The van der Waals surface area contributed by atoms with Gasteiger partial charge in [-0.05, 0) is 42.3 Å². The topological polar surface area (TPSA) is 73.3 Å². The second-order valence-electron chi connectivity index (χ2n) is 5.67. The van der Waals surface area contributed by atoms with E-state index in [1.165, 1.54) is 15.7 Å². The third-order valence-electron chi connectivity index (χ3n) is 3.53. The van der Waals surface area contributed by atoms with E-state index in [0.717, 1.165) is 5.56 Å². The molecule has 0 unspecified atom stereocenters. The van der Waals surface area contributed by atoms with Crippen LogP contribution in [0.3, 0.4) is 0 Å². The molecule has 1 aromatic heterocycles. The first kappa shape index (κ1) is 18.6. The summed E-state index contributed by atoms with van der Waals surface area (Å²) >= 11 is 3.15. The standard InChI is InChI=1S/C17H21BrN2O4/c1-11-6-12(2)8-14(7-11)9-23-4-5-24-10-20-13(3)15(18)16(21)19-17(20)22/h6-8H,4-5,9-10H2,1-3H3,(H,19,21,22). The van der Waals surface area contributed by atoms with E-state index in [0.29, 0.717) is 30.0 Å². The average Bonchev–Trinajstić information content (AvgIpc) is 2.50. The molecule has 0 aliphatic rings. The highest BCUT2D eigenvalue weighted by atomic mass is 79.9. The van der Waals surface area contributed by atoms with Gasteiger partial charge >= 0.3 is 5.69 Å². The zero-order valence-corrected chi connectivity index (χ0v) is 15.6. The van der Waals surface area contributed by atoms with Crippen LogP contribution in [0.5, 0.6) is 0 Å². The molecule has 24 heavy (non-hydrogen) atoms. The van der Waals surface area contributed by atoms with Crippen LogP contribution in [0, 0.1) is 20.8 Å². The lowest BCUT2D eigenvalue weighted by atomic mass is 10.1. The van der Waals surface area contributed by atoms with Crippen molar-refractivity contribution < 1.29 is 9.47 Å². The highest BCUT2D eigenvalue weighted by Crippen LogP contribution is 2.10. The van der Waals surface area contributed by atoms with E-state index in [2.05, 4.69) is 53.0 Å². The van der Waals surface area contributed by atoms with Gasteiger partial charge in [-0.15, -0.1) is 0 Å². The molecule has 0 bridgehead atoms. The number of ether oxygens (including phenoxy) is 2.